The number of hydrogen-bond acceptors (Lipinski definition) is 13. The van der Waals surface area contributed by atoms with Crippen LogP contribution >= 0.6 is 12.6 Å². The molecular formula is C47H60F2N8O10S. The van der Waals surface area contributed by atoms with Crippen LogP contribution in [0.3, 0.4) is 0 Å². The van der Waals surface area contributed by atoms with E-state index in [4.69, 9.17) is 9.47 Å². The highest BCUT2D eigenvalue weighted by Gasteiger charge is 2.32. The van der Waals surface area contributed by atoms with Crippen LogP contribution in [-0.2, 0) is 51.3 Å². The van der Waals surface area contributed by atoms with E-state index in [1.54, 1.807) is 52.8 Å². The second-order valence-corrected chi connectivity index (χ2v) is 16.5. The molecule has 4 heterocycles. The Kier molecular flexibility index (Phi) is 22.7. The van der Waals surface area contributed by atoms with Gasteiger partial charge in [-0.15, -0.1) is 0 Å². The molecular weight excluding hydrogens is 907 g/mol. The normalized spacial score (nSPS) is 21.9. The van der Waals surface area contributed by atoms with Crippen molar-refractivity contribution in [2.45, 2.75) is 118 Å². The number of cyclic esters (lactones) is 2. The third-order valence-corrected chi connectivity index (χ3v) is 10.2. The lowest BCUT2D eigenvalue weighted by atomic mass is 10.0. The molecule has 21 heteroatoms. The summed E-state index contributed by atoms with van der Waals surface area (Å²) in [6.07, 6.45) is 9.46. The quantitative estimate of drug-likeness (QED) is 0.0856. The van der Waals surface area contributed by atoms with E-state index in [1.807, 2.05) is 13.0 Å². The summed E-state index contributed by atoms with van der Waals surface area (Å²) in [5, 5.41) is 15.1. The van der Waals surface area contributed by atoms with Crippen molar-refractivity contribution in [3.63, 3.8) is 0 Å². The molecule has 4 bridgehead atoms. The van der Waals surface area contributed by atoms with E-state index in [2.05, 4.69) is 54.5 Å². The summed E-state index contributed by atoms with van der Waals surface area (Å²) in [6.45, 7) is 11.4. The molecule has 18 nitrogen and oxygen atoms in total. The van der Waals surface area contributed by atoms with Crippen molar-refractivity contribution >= 4 is 60.0 Å². The van der Waals surface area contributed by atoms with Gasteiger partial charge in [-0.1, -0.05) is 65.3 Å². The fourth-order valence-electron chi connectivity index (χ4n) is 6.15. The molecule has 2 aliphatic rings. The van der Waals surface area contributed by atoms with Gasteiger partial charge in [-0.2, -0.15) is 12.6 Å². The molecule has 0 saturated carbocycles. The van der Waals surface area contributed by atoms with Crippen molar-refractivity contribution in [1.29, 1.82) is 0 Å². The largest absolute Gasteiger partial charge is 0.456 e. The lowest BCUT2D eigenvalue weighted by molar-refractivity contribution is -0.153. The Morgan fingerprint density at radius 2 is 1.04 bits per heavy atom. The Morgan fingerprint density at radius 3 is 1.40 bits per heavy atom. The highest BCUT2D eigenvalue weighted by molar-refractivity contribution is 7.80. The molecule has 0 unspecified atom stereocenters. The lowest BCUT2D eigenvalue weighted by Gasteiger charge is -2.24. The smallest absolute Gasteiger partial charge is 0.329 e. The molecule has 2 aromatic heterocycles. The number of nitrogens with zero attached hydrogens (tertiary/aromatic N) is 2. The van der Waals surface area contributed by atoms with E-state index in [9.17, 15) is 47.1 Å². The van der Waals surface area contributed by atoms with E-state index in [0.717, 1.165) is 25.0 Å². The van der Waals surface area contributed by atoms with Crippen LogP contribution in [0.25, 0.3) is 0 Å². The maximum Gasteiger partial charge on any atom is 0.329 e. The first-order valence-electron chi connectivity index (χ1n) is 22.1. The van der Waals surface area contributed by atoms with Gasteiger partial charge in [0.05, 0.1) is 37.3 Å². The molecule has 0 fully saturated rings. The first-order valence-corrected chi connectivity index (χ1v) is 22.7. The first-order chi connectivity index (χ1) is 32.3. The third kappa shape index (κ3) is 17.5. The Bertz CT molecular complexity index is 2140. The summed E-state index contributed by atoms with van der Waals surface area (Å²) < 4.78 is 39.5. The molecule has 4 rings (SSSR count). The summed E-state index contributed by atoms with van der Waals surface area (Å²) in [4.78, 5) is 110. The van der Waals surface area contributed by atoms with E-state index in [-0.39, 0.29) is 71.9 Å². The van der Waals surface area contributed by atoms with Crippen LogP contribution in [0.2, 0.25) is 0 Å². The number of pyridine rings is 2. The average molecular weight is 967 g/mol. The molecule has 2 aromatic rings. The molecule has 0 radical (unpaired) electrons. The molecule has 0 aromatic carbocycles. The zero-order valence-electron chi connectivity index (χ0n) is 39.1. The fraction of sp³-hybridized carbons (Fsp3) is 0.447. The second-order valence-electron chi connectivity index (χ2n) is 16.0. The topological polar surface area (TPSA) is 253 Å². The van der Waals surface area contributed by atoms with E-state index in [0.29, 0.717) is 12.2 Å². The van der Waals surface area contributed by atoms with Crippen molar-refractivity contribution in [1.82, 2.24) is 41.9 Å². The van der Waals surface area contributed by atoms with Gasteiger partial charge in [0.1, 0.15) is 58.7 Å². The fourth-order valence-corrected chi connectivity index (χ4v) is 6.30. The van der Waals surface area contributed by atoms with E-state index >= 15 is 0 Å². The first kappa shape index (κ1) is 55.6. The number of amides is 6. The Balaban J connectivity index is 0.000000360. The van der Waals surface area contributed by atoms with Crippen LogP contribution in [0.5, 0.6) is 0 Å². The van der Waals surface area contributed by atoms with E-state index < -0.39 is 83.3 Å². The molecule has 4 atom stereocenters. The van der Waals surface area contributed by atoms with Crippen LogP contribution in [-0.4, -0.2) is 87.4 Å². The van der Waals surface area contributed by atoms with Crippen molar-refractivity contribution < 1.29 is 56.6 Å². The third-order valence-electron chi connectivity index (χ3n) is 9.95. The number of nitrogens with one attached hydrogen (secondary N) is 6. The molecule has 0 aliphatic carbocycles. The highest BCUT2D eigenvalue weighted by Crippen LogP contribution is 2.15. The number of hydrogen-bond donors (Lipinski definition) is 7. The molecule has 6 N–H and O–H groups in total. The lowest BCUT2D eigenvalue weighted by Crippen LogP contribution is -2.48. The summed E-state index contributed by atoms with van der Waals surface area (Å²) in [6, 6.07) is 2.41. The van der Waals surface area contributed by atoms with Crippen LogP contribution in [0.1, 0.15) is 113 Å². The minimum Gasteiger partial charge on any atom is -0.456 e. The maximum atomic E-state index is 14.2. The second kappa shape index (κ2) is 27.8. The number of carbonyl (C=O) groups excluding carboxylic acids is 8. The Hall–Kier alpha value is -6.77. The standard InChI is InChI=1S/C24H31FN4O5.C23H29FN4O5S/c1-5-7-8-9-15-12-20(30)26-13-19-16(25)10-11-18(27-19)23(32)28-17(6-2)22(31)29-21(14(3)4)24(33)34-15;1-4-16-21(30)28-20(13(2)3)23(32)33-14(7-5-6-10-34)11-19(29)25-12-18-15(24)8-9-17(26-18)22(31)27-16/h6,8-11,14-15,21H,5,7,12-13H2,1-4H3,(H,26,30)(H,28,32)(H,29,31);4-5,7-9,13-14,20,34H,6,10-12H2,1-3H3,(H,25,29)(H,27,31)(H,28,30)/b9-8+,17-6-;7-5+,16-4-/t15-,21+;14-,20+/m11/s1. The molecule has 0 saturated heterocycles. The summed E-state index contributed by atoms with van der Waals surface area (Å²) in [5.41, 5.74) is -0.784. The number of ether oxygens (including phenoxy) is 2. The number of unbranched alkanes of at least 4 members (excludes halogenated alkanes) is 1. The zero-order chi connectivity index (χ0) is 50.5. The van der Waals surface area contributed by atoms with Crippen LogP contribution in [0.4, 0.5) is 8.78 Å². The highest BCUT2D eigenvalue weighted by atomic mass is 32.1. The number of halogens is 2. The number of aromatic nitrogens is 2. The molecule has 6 amide bonds. The Labute approximate surface area is 399 Å². The van der Waals surface area contributed by atoms with Crippen LogP contribution in [0, 0.1) is 23.5 Å². The summed E-state index contributed by atoms with van der Waals surface area (Å²) in [7, 11) is 0. The summed E-state index contributed by atoms with van der Waals surface area (Å²) >= 11 is 4.13. The Morgan fingerprint density at radius 1 is 0.647 bits per heavy atom. The van der Waals surface area contributed by atoms with Crippen LogP contribution in [0.15, 0.2) is 72.1 Å². The summed E-state index contributed by atoms with van der Waals surface area (Å²) in [5.74, 6) is -6.88. The predicted molar refractivity (Wildman–Crippen MR) is 249 cm³/mol. The van der Waals surface area contributed by atoms with Gasteiger partial charge in [0.15, 0.2) is 0 Å². The van der Waals surface area contributed by atoms with Crippen LogP contribution < -0.4 is 31.9 Å². The van der Waals surface area contributed by atoms with Gasteiger partial charge < -0.3 is 41.4 Å². The predicted octanol–water partition coefficient (Wildman–Crippen LogP) is 4.09. The van der Waals surface area contributed by atoms with Gasteiger partial charge in [0.2, 0.25) is 11.8 Å². The minimum atomic E-state index is -1.04. The number of thiol groups is 1. The number of fused-ring (bicyclic) bond motifs is 4. The average Bonchev–Trinajstić information content (AvgIpc) is 3.29. The minimum absolute atomic E-state index is 0.101. The maximum absolute atomic E-state index is 14.2. The number of carbonyl (C=O) groups is 8. The molecule has 0 spiro atoms. The number of esters is 2. The number of allylic oxidation sites excluding steroid dienone is 4. The monoisotopic (exact) mass is 966 g/mol. The van der Waals surface area contributed by atoms with E-state index in [1.165, 1.54) is 31.2 Å². The van der Waals surface area contributed by atoms with Gasteiger partial charge in [-0.3, -0.25) is 28.8 Å². The van der Waals surface area contributed by atoms with Crippen molar-refractivity contribution in [3.05, 3.63) is 107 Å². The number of rotatable bonds is 8. The van der Waals surface area contributed by atoms with Gasteiger partial charge in [-0.05, 0) is 80.7 Å². The van der Waals surface area contributed by atoms with Gasteiger partial charge in [0.25, 0.3) is 23.6 Å². The molecule has 2 aliphatic heterocycles. The SMILES string of the molecule is C/C=C1\NC(=O)c2ccc(F)c(n2)CNC(=O)C[C@@H](/C=C/CCC)OC(=O)[C@H](C(C)C)NC1=O.C/C=C1\NC(=O)c2ccc(F)c(n2)CNC(=O)C[C@@H](/C=C/CCS)OC(=O)[C@H](C(C)C)NC1=O. The van der Waals surface area contributed by atoms with Crippen molar-refractivity contribution in [2.75, 3.05) is 5.75 Å². The molecule has 68 heavy (non-hydrogen) atoms. The van der Waals surface area contributed by atoms with Gasteiger partial charge in [-0.25, -0.2) is 28.3 Å². The zero-order valence-corrected chi connectivity index (χ0v) is 40.0. The molecule has 368 valence electrons. The van der Waals surface area contributed by atoms with Gasteiger partial charge >= 0.3 is 11.9 Å². The van der Waals surface area contributed by atoms with Gasteiger partial charge in [0, 0.05) is 0 Å². The van der Waals surface area contributed by atoms with Crippen molar-refractivity contribution in [3.8, 4) is 0 Å². The van der Waals surface area contributed by atoms with Crippen molar-refractivity contribution in [2.24, 2.45) is 11.8 Å².